The number of hydrogen-bond acceptors (Lipinski definition) is 7. The Kier molecular flexibility index (Phi) is 5.54. The second kappa shape index (κ2) is 8.59. The van der Waals surface area contributed by atoms with Crippen LogP contribution in [0.25, 0.3) is 11.3 Å². The summed E-state index contributed by atoms with van der Waals surface area (Å²) in [5.74, 6) is 1.90. The lowest BCUT2D eigenvalue weighted by atomic mass is 10.1. The van der Waals surface area contributed by atoms with Crippen LogP contribution in [0.4, 0.5) is 17.5 Å². The molecule has 3 N–H and O–H groups in total. The SMILES string of the molecule is N#Cc1cc(Oc2ccc(Nc3nc(N)nc(-c4ccccc4)c3Br)cc2)ccn1. The van der Waals surface area contributed by atoms with Crippen molar-refractivity contribution in [2.45, 2.75) is 0 Å². The number of nitrogen functional groups attached to an aromatic ring is 1. The Bertz CT molecular complexity index is 1220. The van der Waals surface area contributed by atoms with E-state index in [4.69, 9.17) is 15.7 Å². The Balaban J connectivity index is 1.55. The van der Waals surface area contributed by atoms with Gasteiger partial charge in [0.25, 0.3) is 0 Å². The number of hydrogen-bond donors (Lipinski definition) is 2. The monoisotopic (exact) mass is 458 g/mol. The fraction of sp³-hybridized carbons (Fsp3) is 0. The first-order chi connectivity index (χ1) is 14.6. The zero-order chi connectivity index (χ0) is 20.9. The van der Waals surface area contributed by atoms with E-state index < -0.39 is 0 Å². The predicted octanol–water partition coefficient (Wildman–Crippen LogP) is 5.29. The van der Waals surface area contributed by atoms with Gasteiger partial charge in [-0.1, -0.05) is 30.3 Å². The van der Waals surface area contributed by atoms with Gasteiger partial charge in [-0.2, -0.15) is 10.2 Å². The van der Waals surface area contributed by atoms with Gasteiger partial charge in [-0.15, -0.1) is 0 Å². The molecule has 0 amide bonds. The first kappa shape index (κ1) is 19.4. The quantitative estimate of drug-likeness (QED) is 0.417. The van der Waals surface area contributed by atoms with E-state index in [0.717, 1.165) is 11.3 Å². The average molecular weight is 459 g/mol. The molecule has 0 aliphatic carbocycles. The van der Waals surface area contributed by atoms with Gasteiger partial charge < -0.3 is 15.8 Å². The molecule has 0 fully saturated rings. The van der Waals surface area contributed by atoms with Crippen LogP contribution < -0.4 is 15.8 Å². The first-order valence-corrected chi connectivity index (χ1v) is 9.71. The van der Waals surface area contributed by atoms with Crippen LogP contribution in [0, 0.1) is 11.3 Å². The molecule has 0 aliphatic heterocycles. The van der Waals surface area contributed by atoms with Crippen molar-refractivity contribution in [2.24, 2.45) is 0 Å². The van der Waals surface area contributed by atoms with Gasteiger partial charge in [-0.05, 0) is 46.3 Å². The summed E-state index contributed by atoms with van der Waals surface area (Å²) in [4.78, 5) is 12.6. The van der Waals surface area contributed by atoms with Gasteiger partial charge in [-0.3, -0.25) is 0 Å². The predicted molar refractivity (Wildman–Crippen MR) is 118 cm³/mol. The second-order valence-electron chi connectivity index (χ2n) is 6.20. The number of pyridine rings is 1. The Morgan fingerprint density at radius 3 is 2.47 bits per heavy atom. The standard InChI is InChI=1S/C22H15BrN6O/c23-19-20(14-4-2-1-3-5-14)28-22(25)29-21(19)27-15-6-8-17(9-7-15)30-18-10-11-26-16(12-18)13-24/h1-12H,(H3,25,27,28,29). The van der Waals surface area contributed by atoms with Crippen LogP contribution in [0.15, 0.2) is 77.4 Å². The number of nitriles is 1. The molecule has 0 saturated carbocycles. The number of aromatic nitrogens is 3. The van der Waals surface area contributed by atoms with Crippen molar-refractivity contribution in [1.29, 1.82) is 5.26 Å². The fourth-order valence-electron chi connectivity index (χ4n) is 2.75. The highest BCUT2D eigenvalue weighted by Crippen LogP contribution is 2.34. The summed E-state index contributed by atoms with van der Waals surface area (Å²) < 4.78 is 6.48. The average Bonchev–Trinajstić information content (AvgIpc) is 2.78. The molecule has 0 bridgehead atoms. The van der Waals surface area contributed by atoms with Crippen molar-refractivity contribution in [3.05, 3.63) is 83.1 Å². The van der Waals surface area contributed by atoms with Crippen LogP contribution in [0.3, 0.4) is 0 Å². The molecule has 0 saturated heterocycles. The lowest BCUT2D eigenvalue weighted by Gasteiger charge is -2.12. The van der Waals surface area contributed by atoms with Crippen molar-refractivity contribution in [3.63, 3.8) is 0 Å². The molecule has 0 atom stereocenters. The van der Waals surface area contributed by atoms with Crippen LogP contribution in [0.5, 0.6) is 11.5 Å². The van der Waals surface area contributed by atoms with E-state index in [1.807, 2.05) is 60.7 Å². The Hall–Kier alpha value is -3.96. The van der Waals surface area contributed by atoms with Crippen LogP contribution in [-0.4, -0.2) is 15.0 Å². The van der Waals surface area contributed by atoms with Crippen LogP contribution in [-0.2, 0) is 0 Å². The lowest BCUT2D eigenvalue weighted by molar-refractivity contribution is 0.482. The summed E-state index contributed by atoms with van der Waals surface area (Å²) >= 11 is 3.58. The Morgan fingerprint density at radius 1 is 0.967 bits per heavy atom. The maximum absolute atomic E-state index is 8.94. The summed E-state index contributed by atoms with van der Waals surface area (Å²) in [6.45, 7) is 0. The second-order valence-corrected chi connectivity index (χ2v) is 6.99. The summed E-state index contributed by atoms with van der Waals surface area (Å²) in [5.41, 5.74) is 8.65. The summed E-state index contributed by atoms with van der Waals surface area (Å²) in [6, 6.07) is 22.3. The molecular formula is C22H15BrN6O. The van der Waals surface area contributed by atoms with Crippen molar-refractivity contribution in [2.75, 3.05) is 11.1 Å². The van der Waals surface area contributed by atoms with Gasteiger partial charge in [0, 0.05) is 23.5 Å². The van der Waals surface area contributed by atoms with Crippen molar-refractivity contribution >= 4 is 33.4 Å². The Morgan fingerprint density at radius 2 is 1.73 bits per heavy atom. The number of benzene rings is 2. The maximum atomic E-state index is 8.94. The number of nitrogens with one attached hydrogen (secondary N) is 1. The van der Waals surface area contributed by atoms with Gasteiger partial charge >= 0.3 is 0 Å². The number of nitrogens with two attached hydrogens (primary N) is 1. The molecule has 0 unspecified atom stereocenters. The number of halogens is 1. The van der Waals surface area contributed by atoms with E-state index in [2.05, 4.69) is 36.2 Å². The molecule has 2 heterocycles. The van der Waals surface area contributed by atoms with E-state index in [1.54, 1.807) is 12.1 Å². The van der Waals surface area contributed by atoms with E-state index in [9.17, 15) is 0 Å². The molecule has 4 aromatic rings. The molecule has 0 spiro atoms. The van der Waals surface area contributed by atoms with Crippen LogP contribution >= 0.6 is 15.9 Å². The molecule has 2 aromatic heterocycles. The summed E-state index contributed by atoms with van der Waals surface area (Å²) in [5, 5.41) is 12.2. The van der Waals surface area contributed by atoms with Crippen LogP contribution in [0.1, 0.15) is 5.69 Å². The smallest absolute Gasteiger partial charge is 0.222 e. The molecule has 4 rings (SSSR count). The molecular weight excluding hydrogens is 444 g/mol. The number of ether oxygens (including phenoxy) is 1. The summed E-state index contributed by atoms with van der Waals surface area (Å²) in [7, 11) is 0. The van der Waals surface area contributed by atoms with Gasteiger partial charge in [0.2, 0.25) is 5.95 Å². The van der Waals surface area contributed by atoms with Crippen molar-refractivity contribution in [1.82, 2.24) is 15.0 Å². The highest BCUT2D eigenvalue weighted by atomic mass is 79.9. The van der Waals surface area contributed by atoms with E-state index in [-0.39, 0.29) is 5.95 Å². The third-order valence-electron chi connectivity index (χ3n) is 4.11. The topological polar surface area (TPSA) is 110 Å². The molecule has 2 aromatic carbocycles. The summed E-state index contributed by atoms with van der Waals surface area (Å²) in [6.07, 6.45) is 1.53. The molecule has 146 valence electrons. The molecule has 8 heteroatoms. The van der Waals surface area contributed by atoms with Crippen LogP contribution in [0.2, 0.25) is 0 Å². The largest absolute Gasteiger partial charge is 0.457 e. The van der Waals surface area contributed by atoms with Crippen molar-refractivity contribution in [3.8, 4) is 28.8 Å². The van der Waals surface area contributed by atoms with E-state index in [1.165, 1.54) is 6.20 Å². The lowest BCUT2D eigenvalue weighted by Crippen LogP contribution is -2.03. The fourth-order valence-corrected chi connectivity index (χ4v) is 3.25. The third kappa shape index (κ3) is 4.37. The van der Waals surface area contributed by atoms with Gasteiger partial charge in [0.05, 0.1) is 10.2 Å². The molecule has 30 heavy (non-hydrogen) atoms. The van der Waals surface area contributed by atoms with Gasteiger partial charge in [0.1, 0.15) is 23.3 Å². The minimum atomic E-state index is 0.172. The minimum Gasteiger partial charge on any atom is -0.457 e. The minimum absolute atomic E-state index is 0.172. The maximum Gasteiger partial charge on any atom is 0.222 e. The van der Waals surface area contributed by atoms with Gasteiger partial charge in [0.15, 0.2) is 5.82 Å². The molecule has 0 aliphatic rings. The number of rotatable bonds is 5. The highest BCUT2D eigenvalue weighted by molar-refractivity contribution is 9.10. The normalized spacial score (nSPS) is 10.3. The highest BCUT2D eigenvalue weighted by Gasteiger charge is 2.13. The van der Waals surface area contributed by atoms with E-state index in [0.29, 0.717) is 33.2 Å². The van der Waals surface area contributed by atoms with E-state index >= 15 is 0 Å². The zero-order valence-electron chi connectivity index (χ0n) is 15.6. The number of nitrogens with zero attached hydrogens (tertiary/aromatic N) is 4. The Labute approximate surface area is 181 Å². The number of anilines is 3. The molecule has 7 nitrogen and oxygen atoms in total. The first-order valence-electron chi connectivity index (χ1n) is 8.92. The zero-order valence-corrected chi connectivity index (χ0v) is 17.2. The van der Waals surface area contributed by atoms with Gasteiger partial charge in [-0.25, -0.2) is 9.97 Å². The molecule has 0 radical (unpaired) electrons. The van der Waals surface area contributed by atoms with Crippen molar-refractivity contribution < 1.29 is 4.74 Å². The third-order valence-corrected chi connectivity index (χ3v) is 4.87.